The third-order valence-corrected chi connectivity index (χ3v) is 5.96. The smallest absolute Gasteiger partial charge is 0.148 e. The summed E-state index contributed by atoms with van der Waals surface area (Å²) in [4.78, 5) is 4.81. The van der Waals surface area contributed by atoms with Gasteiger partial charge in [0.1, 0.15) is 30.5 Å². The molecular formula is C27H23ClN2O2. The largest absolute Gasteiger partial charge is 0.492 e. The highest BCUT2D eigenvalue weighted by molar-refractivity contribution is 6.31. The van der Waals surface area contributed by atoms with Crippen LogP contribution in [0.15, 0.2) is 84.9 Å². The number of aromatic nitrogens is 2. The molecule has 1 aromatic heterocycles. The number of benzene rings is 4. The highest BCUT2D eigenvalue weighted by atomic mass is 35.5. The first kappa shape index (κ1) is 20.4. The van der Waals surface area contributed by atoms with Crippen LogP contribution in [0.2, 0.25) is 5.02 Å². The average molecular weight is 443 g/mol. The first-order valence-electron chi connectivity index (χ1n) is 10.6. The SMILES string of the molecule is Cc1cc(OCCn2c(COc3ccc4ccccc4c3)nc3ccccc32)ccc1Cl. The lowest BCUT2D eigenvalue weighted by Crippen LogP contribution is -2.13. The van der Waals surface area contributed by atoms with E-state index in [2.05, 4.69) is 34.9 Å². The van der Waals surface area contributed by atoms with Gasteiger partial charge in [0, 0.05) is 5.02 Å². The van der Waals surface area contributed by atoms with Gasteiger partial charge in [-0.15, -0.1) is 0 Å². The second-order valence-corrected chi connectivity index (χ2v) is 8.13. The number of nitrogens with zero attached hydrogens (tertiary/aromatic N) is 2. The summed E-state index contributed by atoms with van der Waals surface area (Å²) in [6.45, 7) is 3.54. The predicted octanol–water partition coefficient (Wildman–Crippen LogP) is 6.81. The van der Waals surface area contributed by atoms with E-state index >= 15 is 0 Å². The minimum atomic E-state index is 0.382. The van der Waals surface area contributed by atoms with Crippen molar-refractivity contribution in [1.29, 1.82) is 0 Å². The Morgan fingerprint density at radius 3 is 2.44 bits per heavy atom. The van der Waals surface area contributed by atoms with Gasteiger partial charge >= 0.3 is 0 Å². The molecule has 5 heteroatoms. The van der Waals surface area contributed by atoms with Gasteiger partial charge in [-0.2, -0.15) is 0 Å². The molecule has 1 heterocycles. The summed E-state index contributed by atoms with van der Waals surface area (Å²) in [6, 6.07) is 28.2. The Hall–Kier alpha value is -3.50. The normalized spacial score (nSPS) is 11.2. The third-order valence-electron chi connectivity index (χ3n) is 5.54. The molecule has 0 fully saturated rings. The molecule has 0 saturated carbocycles. The van der Waals surface area contributed by atoms with Crippen LogP contribution in [-0.4, -0.2) is 16.2 Å². The maximum Gasteiger partial charge on any atom is 0.148 e. The minimum absolute atomic E-state index is 0.382. The van der Waals surface area contributed by atoms with Gasteiger partial charge in [-0.3, -0.25) is 0 Å². The van der Waals surface area contributed by atoms with Crippen molar-refractivity contribution in [3.8, 4) is 11.5 Å². The lowest BCUT2D eigenvalue weighted by Gasteiger charge is -2.12. The van der Waals surface area contributed by atoms with Gasteiger partial charge in [0.15, 0.2) is 0 Å². The Labute approximate surface area is 192 Å². The van der Waals surface area contributed by atoms with E-state index in [0.717, 1.165) is 44.3 Å². The number of hydrogen-bond donors (Lipinski definition) is 0. The molecule has 0 aliphatic rings. The van der Waals surface area contributed by atoms with Crippen molar-refractivity contribution in [3.05, 3.63) is 101 Å². The average Bonchev–Trinajstić information content (AvgIpc) is 3.17. The van der Waals surface area contributed by atoms with Crippen molar-refractivity contribution in [1.82, 2.24) is 9.55 Å². The summed E-state index contributed by atoms with van der Waals surface area (Å²) in [5, 5.41) is 3.10. The molecule has 0 amide bonds. The highest BCUT2D eigenvalue weighted by Crippen LogP contribution is 2.24. The molecule has 0 aliphatic heterocycles. The number of para-hydroxylation sites is 2. The summed E-state index contributed by atoms with van der Waals surface area (Å²) >= 11 is 6.12. The van der Waals surface area contributed by atoms with E-state index in [-0.39, 0.29) is 0 Å². The maximum atomic E-state index is 6.13. The van der Waals surface area contributed by atoms with E-state index in [9.17, 15) is 0 Å². The van der Waals surface area contributed by atoms with Crippen LogP contribution in [-0.2, 0) is 13.2 Å². The zero-order chi connectivity index (χ0) is 21.9. The molecule has 0 bridgehead atoms. The van der Waals surface area contributed by atoms with Crippen molar-refractivity contribution >= 4 is 33.4 Å². The van der Waals surface area contributed by atoms with E-state index < -0.39 is 0 Å². The molecule has 32 heavy (non-hydrogen) atoms. The fraction of sp³-hybridized carbons (Fsp3) is 0.148. The topological polar surface area (TPSA) is 36.3 Å². The van der Waals surface area contributed by atoms with E-state index in [0.29, 0.717) is 19.8 Å². The molecule has 0 unspecified atom stereocenters. The first-order chi connectivity index (χ1) is 15.7. The van der Waals surface area contributed by atoms with Crippen molar-refractivity contribution in [2.24, 2.45) is 0 Å². The number of rotatable bonds is 7. The molecule has 5 rings (SSSR count). The molecule has 0 atom stereocenters. The lowest BCUT2D eigenvalue weighted by molar-refractivity contribution is 0.272. The summed E-state index contributed by atoms with van der Waals surface area (Å²) in [5.41, 5.74) is 3.02. The Kier molecular flexibility index (Phi) is 5.70. The highest BCUT2D eigenvalue weighted by Gasteiger charge is 2.12. The number of halogens is 1. The molecule has 0 aliphatic carbocycles. The fourth-order valence-corrected chi connectivity index (χ4v) is 3.97. The van der Waals surface area contributed by atoms with Crippen LogP contribution in [0.1, 0.15) is 11.4 Å². The molecular weight excluding hydrogens is 420 g/mol. The number of hydrogen-bond acceptors (Lipinski definition) is 3. The minimum Gasteiger partial charge on any atom is -0.492 e. The van der Waals surface area contributed by atoms with E-state index in [1.165, 1.54) is 5.39 Å². The standard InChI is InChI=1S/C27H23ClN2O2/c1-19-16-22(12-13-24(19)28)31-15-14-30-26-9-5-4-8-25(26)29-27(30)18-32-23-11-10-20-6-2-3-7-21(20)17-23/h2-13,16-17H,14-15,18H2,1H3. The zero-order valence-electron chi connectivity index (χ0n) is 17.8. The number of ether oxygens (including phenoxy) is 2. The summed E-state index contributed by atoms with van der Waals surface area (Å²) in [6.07, 6.45) is 0. The summed E-state index contributed by atoms with van der Waals surface area (Å²) < 4.78 is 14.3. The second kappa shape index (κ2) is 8.93. The lowest BCUT2D eigenvalue weighted by atomic mass is 10.1. The van der Waals surface area contributed by atoms with Crippen LogP contribution >= 0.6 is 11.6 Å². The second-order valence-electron chi connectivity index (χ2n) is 7.73. The van der Waals surface area contributed by atoms with Crippen LogP contribution in [0.3, 0.4) is 0 Å². The molecule has 4 nitrogen and oxygen atoms in total. The first-order valence-corrected chi connectivity index (χ1v) is 11.0. The van der Waals surface area contributed by atoms with Gasteiger partial charge in [-0.1, -0.05) is 54.1 Å². The van der Waals surface area contributed by atoms with Crippen LogP contribution in [0.25, 0.3) is 21.8 Å². The van der Waals surface area contributed by atoms with Crippen molar-refractivity contribution in [2.75, 3.05) is 6.61 Å². The fourth-order valence-electron chi connectivity index (χ4n) is 3.85. The zero-order valence-corrected chi connectivity index (χ0v) is 18.5. The van der Waals surface area contributed by atoms with E-state index in [1.807, 2.05) is 61.5 Å². The molecule has 160 valence electrons. The Bertz CT molecular complexity index is 1390. The maximum absolute atomic E-state index is 6.13. The third kappa shape index (κ3) is 4.27. The van der Waals surface area contributed by atoms with Crippen LogP contribution in [0.4, 0.5) is 0 Å². The number of fused-ring (bicyclic) bond motifs is 2. The van der Waals surface area contributed by atoms with Crippen molar-refractivity contribution in [2.45, 2.75) is 20.1 Å². The van der Waals surface area contributed by atoms with E-state index in [1.54, 1.807) is 0 Å². The Morgan fingerprint density at radius 1 is 0.812 bits per heavy atom. The van der Waals surface area contributed by atoms with Gasteiger partial charge in [-0.05, 0) is 65.7 Å². The van der Waals surface area contributed by atoms with E-state index in [4.69, 9.17) is 26.1 Å². The summed E-state index contributed by atoms with van der Waals surface area (Å²) in [7, 11) is 0. The molecule has 4 aromatic carbocycles. The molecule has 0 N–H and O–H groups in total. The Morgan fingerprint density at radius 2 is 1.56 bits per heavy atom. The van der Waals surface area contributed by atoms with Crippen molar-refractivity contribution in [3.63, 3.8) is 0 Å². The predicted molar refractivity (Wildman–Crippen MR) is 130 cm³/mol. The molecule has 0 saturated heterocycles. The van der Waals surface area contributed by atoms with Crippen LogP contribution in [0.5, 0.6) is 11.5 Å². The molecule has 0 spiro atoms. The van der Waals surface area contributed by atoms with Gasteiger partial charge in [0.05, 0.1) is 17.6 Å². The van der Waals surface area contributed by atoms with Gasteiger partial charge in [0.2, 0.25) is 0 Å². The Balaban J connectivity index is 1.34. The number of imidazole rings is 1. The van der Waals surface area contributed by atoms with Crippen molar-refractivity contribution < 1.29 is 9.47 Å². The van der Waals surface area contributed by atoms with Gasteiger partial charge < -0.3 is 14.0 Å². The molecule has 0 radical (unpaired) electrons. The number of aryl methyl sites for hydroxylation is 1. The summed E-state index contributed by atoms with van der Waals surface area (Å²) in [5.74, 6) is 2.51. The monoisotopic (exact) mass is 442 g/mol. The van der Waals surface area contributed by atoms with Gasteiger partial charge in [0.25, 0.3) is 0 Å². The molecule has 5 aromatic rings. The van der Waals surface area contributed by atoms with Gasteiger partial charge in [-0.25, -0.2) is 4.98 Å². The van der Waals surface area contributed by atoms with Crippen LogP contribution < -0.4 is 9.47 Å². The van der Waals surface area contributed by atoms with Crippen LogP contribution in [0, 0.1) is 6.92 Å². The quantitative estimate of drug-likeness (QED) is 0.278.